The Morgan fingerprint density at radius 3 is 1.65 bits per heavy atom. The molecule has 0 saturated carbocycles. The number of benzene rings is 6. The molecule has 21 nitrogen and oxygen atoms in total. The predicted octanol–water partition coefficient (Wildman–Crippen LogP) is 6.63. The summed E-state index contributed by atoms with van der Waals surface area (Å²) in [6.45, 7) is 3.39. The van der Waals surface area contributed by atoms with Gasteiger partial charge in [-0.2, -0.15) is 0 Å². The predicted molar refractivity (Wildman–Crippen MR) is 328 cm³/mol. The van der Waals surface area contributed by atoms with Crippen LogP contribution in [0.15, 0.2) is 176 Å². The Bertz CT molecular complexity index is 3310. The Hall–Kier alpha value is -8.56. The fraction of sp³-hybridized carbons (Fsp3) is 0.358. The van der Waals surface area contributed by atoms with E-state index in [0.29, 0.717) is 39.8 Å². The van der Waals surface area contributed by atoms with Gasteiger partial charge in [0.25, 0.3) is 5.91 Å². The van der Waals surface area contributed by atoms with Gasteiger partial charge in [-0.25, -0.2) is 9.36 Å². The third-order valence-corrected chi connectivity index (χ3v) is 17.1. The lowest BCUT2D eigenvalue weighted by Crippen LogP contribution is -2.65. The molecular formula is C67H77N6O15P. The summed E-state index contributed by atoms with van der Waals surface area (Å²) in [7, 11) is -3.20. The van der Waals surface area contributed by atoms with Crippen molar-refractivity contribution in [2.75, 3.05) is 13.7 Å². The summed E-state index contributed by atoms with van der Waals surface area (Å²) < 4.78 is 44.7. The van der Waals surface area contributed by atoms with Gasteiger partial charge in [-0.1, -0.05) is 184 Å². The summed E-state index contributed by atoms with van der Waals surface area (Å²) >= 11 is 0. The monoisotopic (exact) mass is 1240 g/mol. The van der Waals surface area contributed by atoms with Crippen molar-refractivity contribution in [3.05, 3.63) is 209 Å². The fourth-order valence-corrected chi connectivity index (χ4v) is 11.5. The van der Waals surface area contributed by atoms with Gasteiger partial charge in [0.15, 0.2) is 6.10 Å². The molecule has 89 heavy (non-hydrogen) atoms. The molecule has 2 aliphatic heterocycles. The first-order valence-corrected chi connectivity index (χ1v) is 31.2. The third kappa shape index (κ3) is 18.7. The van der Waals surface area contributed by atoms with Crippen molar-refractivity contribution in [1.82, 2.24) is 31.1 Å². The zero-order valence-electron chi connectivity index (χ0n) is 50.1. The average Bonchev–Trinajstić information content (AvgIpc) is 1.39. The van der Waals surface area contributed by atoms with Gasteiger partial charge in [0.1, 0.15) is 54.3 Å². The number of cyclic esters (lactones) is 1. The van der Waals surface area contributed by atoms with Crippen molar-refractivity contribution in [2.45, 2.75) is 134 Å². The topological polar surface area (TPSA) is 278 Å². The molecule has 470 valence electrons. The number of phosphoric ester groups is 1. The van der Waals surface area contributed by atoms with Crippen LogP contribution >= 0.6 is 7.82 Å². The van der Waals surface area contributed by atoms with Crippen LogP contribution in [0.4, 0.5) is 0 Å². The highest BCUT2D eigenvalue weighted by atomic mass is 31.2. The van der Waals surface area contributed by atoms with Gasteiger partial charge >= 0.3 is 13.8 Å². The number of aliphatic hydroxyl groups is 1. The molecule has 0 aliphatic carbocycles. The van der Waals surface area contributed by atoms with Crippen LogP contribution < -0.4 is 21.3 Å². The first kappa shape index (κ1) is 66.4. The molecule has 6 amide bonds. The van der Waals surface area contributed by atoms with Gasteiger partial charge in [-0.05, 0) is 71.2 Å². The molecule has 2 heterocycles. The van der Waals surface area contributed by atoms with Crippen molar-refractivity contribution >= 4 is 49.2 Å². The number of phenols is 1. The van der Waals surface area contributed by atoms with Gasteiger partial charge < -0.3 is 50.8 Å². The molecule has 0 unspecified atom stereocenters. The maximum Gasteiger partial charge on any atom is 0.475 e. The number of carbonyl (C=O) groups is 7. The number of ether oxygens (including phenoxy) is 2. The lowest BCUT2D eigenvalue weighted by molar-refractivity contribution is -0.165. The summed E-state index contributed by atoms with van der Waals surface area (Å²) in [5, 5.41) is 33.0. The number of amides is 6. The Kier molecular flexibility index (Phi) is 23.9. The van der Waals surface area contributed by atoms with Gasteiger partial charge in [-0.3, -0.25) is 42.3 Å². The molecule has 0 radical (unpaired) electrons. The minimum absolute atomic E-state index is 0.0591. The van der Waals surface area contributed by atoms with E-state index in [4.69, 9.17) is 23.0 Å². The zero-order chi connectivity index (χ0) is 63.5. The lowest BCUT2D eigenvalue weighted by atomic mass is 9.95. The summed E-state index contributed by atoms with van der Waals surface area (Å²) in [4.78, 5) is 108. The van der Waals surface area contributed by atoms with Crippen molar-refractivity contribution in [3.8, 4) is 5.75 Å². The number of phosphoric acid groups is 1. The molecule has 0 aromatic heterocycles. The largest absolute Gasteiger partial charge is 0.508 e. The number of piperidine rings is 1. The molecule has 10 atom stereocenters. The average molecular weight is 1240 g/mol. The Morgan fingerprint density at radius 2 is 1.11 bits per heavy atom. The van der Waals surface area contributed by atoms with E-state index in [2.05, 4.69) is 21.3 Å². The van der Waals surface area contributed by atoms with Crippen molar-refractivity contribution in [3.63, 3.8) is 0 Å². The van der Waals surface area contributed by atoms with Gasteiger partial charge in [0, 0.05) is 26.3 Å². The van der Waals surface area contributed by atoms with E-state index >= 15 is 24.0 Å². The van der Waals surface area contributed by atoms with Gasteiger partial charge in [0.2, 0.25) is 29.5 Å². The number of fused-ring (bicyclic) bond motifs is 2. The first-order chi connectivity index (χ1) is 42.9. The smallest absolute Gasteiger partial charge is 0.475 e. The van der Waals surface area contributed by atoms with Crippen LogP contribution in [0.2, 0.25) is 0 Å². The zero-order valence-corrected chi connectivity index (χ0v) is 51.0. The van der Waals surface area contributed by atoms with Crippen LogP contribution in [0, 0.1) is 5.92 Å². The van der Waals surface area contributed by atoms with Gasteiger partial charge in [-0.15, -0.1) is 0 Å². The normalized spacial score (nSPS) is 22.3. The molecule has 22 heteroatoms. The van der Waals surface area contributed by atoms with E-state index in [1.165, 1.54) is 26.1 Å². The molecule has 2 aliphatic rings. The van der Waals surface area contributed by atoms with E-state index in [-0.39, 0.29) is 57.7 Å². The van der Waals surface area contributed by atoms with Crippen LogP contribution in [0.1, 0.15) is 73.4 Å². The van der Waals surface area contributed by atoms with Crippen molar-refractivity contribution in [2.24, 2.45) is 5.92 Å². The van der Waals surface area contributed by atoms with Crippen LogP contribution in [0.25, 0.3) is 0 Å². The second kappa shape index (κ2) is 32.1. The number of nitrogens with one attached hydrogen (secondary N) is 4. The number of hydrogen-bond acceptors (Lipinski definition) is 15. The molecule has 6 aromatic carbocycles. The van der Waals surface area contributed by atoms with E-state index in [9.17, 15) is 24.4 Å². The first-order valence-electron chi connectivity index (χ1n) is 29.7. The number of carbonyl (C=O) groups excluding carboxylic acids is 7. The summed E-state index contributed by atoms with van der Waals surface area (Å²) in [5.41, 5.74) is 3.57. The molecule has 6 aromatic rings. The van der Waals surface area contributed by atoms with Gasteiger partial charge in [0.05, 0.1) is 26.4 Å². The number of aromatic hydroxyl groups is 1. The van der Waals surface area contributed by atoms with E-state index < -0.39 is 116 Å². The lowest BCUT2D eigenvalue weighted by Gasteiger charge is -2.43. The highest BCUT2D eigenvalue weighted by Gasteiger charge is 2.46. The minimum Gasteiger partial charge on any atom is -0.508 e. The van der Waals surface area contributed by atoms with Crippen LogP contribution in [-0.2, 0) is 100 Å². The number of rotatable bonds is 22. The highest BCUT2D eigenvalue weighted by molar-refractivity contribution is 7.48. The third-order valence-electron chi connectivity index (χ3n) is 15.7. The summed E-state index contributed by atoms with van der Waals surface area (Å²) in [5.74, 6) is -7.08. The van der Waals surface area contributed by atoms with Crippen LogP contribution in [0.3, 0.4) is 0 Å². The van der Waals surface area contributed by atoms with Crippen molar-refractivity contribution in [1.29, 1.82) is 0 Å². The van der Waals surface area contributed by atoms with Crippen LogP contribution in [-0.4, -0.2) is 130 Å². The second-order valence-electron chi connectivity index (χ2n) is 22.2. The number of nitrogens with zero attached hydrogens (tertiary/aromatic N) is 2. The quantitative estimate of drug-likeness (QED) is 0.0307. The summed E-state index contributed by atoms with van der Waals surface area (Å²) in [6, 6.07) is 40.8. The minimum atomic E-state index is -4.57. The number of phenolic OH excluding ortho intramolecular Hbond substituents is 1. The fourth-order valence-electron chi connectivity index (χ4n) is 10.4. The number of esters is 1. The second-order valence-corrected chi connectivity index (χ2v) is 23.9. The SMILES string of the molecule is CC[C@H](C)[C@@H]1NC(=O)[C@H](Cc2ccc(O)cc2)N(C)C(=O)[C@H](Cc2ccccc2)N2C(=O)[C@H](CC[C@H]2O)NC(=O)[C@H](Cc2ccccc2)NC(=O)[C@@H](NC(=O)[C@H](COP(=O)(OCc2ccccc2)OCc2ccccc2)OCc2ccccc2)[C@@H](C)OC1=O. The molecule has 0 spiro atoms. The molecule has 8 rings (SSSR count). The molecule has 2 bridgehead atoms. The standard InChI is InChI=1S/C67H77N6O15P/c1-5-44(2)59-67(82)88-45(3)60(71-63(78)57(84-40-49-25-15-8-16-26-49)43-87-89(83,85-41-50-27-17-9-18-28-50)86-42-51-29-19-10-20-30-51)64(79)69-54(37-46-21-11-6-12-22-46)61(76)68-53-35-36-58(75)73(65(53)80)56(39-47-23-13-7-14-24-47)66(81)72(4)55(62(77)70-59)38-48-31-33-52(74)34-32-48/h6-34,44-45,53-60,74-75H,5,35-43H2,1-4H3,(H,68,76)(H,69,79)(H,70,77)(H,71,78)/t44-,45+,53-,54-,55-,56-,57-,58+,59-,60-/m0/s1. The van der Waals surface area contributed by atoms with E-state index in [1.54, 1.807) is 178 Å². The van der Waals surface area contributed by atoms with Crippen molar-refractivity contribution < 1.29 is 71.4 Å². The molecule has 2 fully saturated rings. The highest BCUT2D eigenvalue weighted by Crippen LogP contribution is 2.51. The molecular weight excluding hydrogens is 1160 g/mol. The number of hydrogen-bond donors (Lipinski definition) is 6. The van der Waals surface area contributed by atoms with E-state index in [0.717, 1.165) is 9.80 Å². The Morgan fingerprint density at radius 1 is 0.618 bits per heavy atom. The van der Waals surface area contributed by atoms with E-state index in [1.807, 2.05) is 0 Å². The Labute approximate surface area is 518 Å². The molecule has 6 N–H and O–H groups in total. The Balaban J connectivity index is 1.18. The number of likely N-dealkylation sites (N-methyl/N-ethyl adjacent to an activating group) is 1. The maximum atomic E-state index is 15.4. The summed E-state index contributed by atoms with van der Waals surface area (Å²) in [6.07, 6.45) is -5.17. The maximum absolute atomic E-state index is 15.4. The molecule has 2 saturated heterocycles. The van der Waals surface area contributed by atoms with Crippen LogP contribution in [0.5, 0.6) is 5.75 Å². The number of aliphatic hydroxyl groups excluding tert-OH is 1.